The van der Waals surface area contributed by atoms with E-state index in [9.17, 15) is 27.2 Å². The molecule has 0 radical (unpaired) electrons. The number of rotatable bonds is 6. The Bertz CT molecular complexity index is 1140. The number of hydrogen-bond acceptors (Lipinski definition) is 4. The van der Waals surface area contributed by atoms with E-state index in [2.05, 4.69) is 5.32 Å². The third-order valence-electron chi connectivity index (χ3n) is 4.19. The summed E-state index contributed by atoms with van der Waals surface area (Å²) in [6.07, 6.45) is -3.37. The van der Waals surface area contributed by atoms with Crippen LogP contribution in [0.15, 0.2) is 65.6 Å². The van der Waals surface area contributed by atoms with E-state index in [0.717, 1.165) is 30.3 Å². The number of pyridine rings is 1. The Kier molecular flexibility index (Phi) is 6.40. The summed E-state index contributed by atoms with van der Waals surface area (Å²) in [6, 6.07) is 9.52. The lowest BCUT2D eigenvalue weighted by atomic mass is 10.1. The van der Waals surface area contributed by atoms with Gasteiger partial charge in [0.05, 0.1) is 17.7 Å². The number of nitrogens with zero attached hydrogens (tertiary/aromatic N) is 1. The Morgan fingerprint density at radius 1 is 1.06 bits per heavy atom. The highest BCUT2D eigenvalue weighted by molar-refractivity contribution is 6.06. The molecule has 1 amide bonds. The first-order valence-corrected chi connectivity index (χ1v) is 8.95. The summed E-state index contributed by atoms with van der Waals surface area (Å²) >= 11 is 0. The number of hydrogen-bond donors (Lipinski definition) is 2. The van der Waals surface area contributed by atoms with Crippen LogP contribution in [0.4, 0.5) is 23.2 Å². The zero-order chi connectivity index (χ0) is 22.6. The van der Waals surface area contributed by atoms with Crippen LogP contribution >= 0.6 is 0 Å². The Balaban J connectivity index is 1.94. The number of aromatic nitrogens is 1. The van der Waals surface area contributed by atoms with Crippen molar-refractivity contribution in [3.63, 3.8) is 0 Å². The van der Waals surface area contributed by atoms with E-state index >= 15 is 0 Å². The van der Waals surface area contributed by atoms with Crippen molar-refractivity contribution >= 4 is 11.6 Å². The van der Waals surface area contributed by atoms with Crippen LogP contribution in [0, 0.1) is 5.82 Å². The lowest BCUT2D eigenvalue weighted by molar-refractivity contribution is -0.137. The molecule has 0 bridgehead atoms. The lowest BCUT2D eigenvalue weighted by Crippen LogP contribution is -2.22. The molecule has 2 aromatic carbocycles. The summed E-state index contributed by atoms with van der Waals surface area (Å²) < 4.78 is 59.2. The van der Waals surface area contributed by atoms with E-state index in [-0.39, 0.29) is 30.3 Å². The van der Waals surface area contributed by atoms with Crippen LogP contribution in [0.3, 0.4) is 0 Å². The van der Waals surface area contributed by atoms with E-state index in [1.807, 2.05) is 0 Å². The molecular weight excluding hydrogens is 420 g/mol. The third-order valence-corrected chi connectivity index (χ3v) is 4.19. The maximum absolute atomic E-state index is 13.2. The topological polar surface area (TPSA) is 80.6 Å². The fraction of sp³-hybridized carbons (Fsp3) is 0.143. The van der Waals surface area contributed by atoms with Crippen LogP contribution < -0.4 is 15.6 Å². The summed E-state index contributed by atoms with van der Waals surface area (Å²) in [4.78, 5) is 24.7. The number of carbonyl (C=O) groups excluding carboxylic acids is 1. The molecule has 0 aliphatic carbocycles. The molecule has 1 aromatic heterocycles. The highest BCUT2D eigenvalue weighted by Crippen LogP contribution is 2.34. The van der Waals surface area contributed by atoms with Gasteiger partial charge in [0.25, 0.3) is 11.5 Å². The molecule has 0 aliphatic rings. The molecule has 0 saturated carbocycles. The Labute approximate surface area is 173 Å². The minimum Gasteiger partial charge on any atom is -0.457 e. The number of halogens is 4. The zero-order valence-corrected chi connectivity index (χ0v) is 15.8. The van der Waals surface area contributed by atoms with Crippen molar-refractivity contribution in [3.8, 4) is 11.5 Å². The average molecular weight is 436 g/mol. The quantitative estimate of drug-likeness (QED) is 0.572. The maximum Gasteiger partial charge on any atom is 0.416 e. The van der Waals surface area contributed by atoms with Crippen molar-refractivity contribution in [3.05, 3.63) is 88.1 Å². The molecule has 0 saturated heterocycles. The second kappa shape index (κ2) is 9.00. The molecule has 162 valence electrons. The van der Waals surface area contributed by atoms with Gasteiger partial charge in [0.15, 0.2) is 0 Å². The summed E-state index contributed by atoms with van der Waals surface area (Å²) in [5, 5.41) is 11.3. The van der Waals surface area contributed by atoms with Gasteiger partial charge >= 0.3 is 6.18 Å². The van der Waals surface area contributed by atoms with Gasteiger partial charge in [-0.05, 0) is 48.5 Å². The van der Waals surface area contributed by atoms with E-state index in [1.54, 1.807) is 0 Å². The number of anilines is 1. The summed E-state index contributed by atoms with van der Waals surface area (Å²) in [7, 11) is 0. The van der Waals surface area contributed by atoms with E-state index in [4.69, 9.17) is 9.84 Å². The molecule has 0 fully saturated rings. The second-order valence-electron chi connectivity index (χ2n) is 6.39. The minimum absolute atomic E-state index is 0.0503. The van der Waals surface area contributed by atoms with Gasteiger partial charge in [-0.3, -0.25) is 9.59 Å². The number of carbonyl (C=O) groups is 1. The van der Waals surface area contributed by atoms with E-state index < -0.39 is 34.6 Å². The van der Waals surface area contributed by atoms with Crippen molar-refractivity contribution in [2.24, 2.45) is 0 Å². The lowest BCUT2D eigenvalue weighted by Gasteiger charge is -2.15. The molecule has 0 spiro atoms. The number of benzene rings is 2. The molecule has 3 aromatic rings. The smallest absolute Gasteiger partial charge is 0.416 e. The van der Waals surface area contributed by atoms with E-state index in [0.29, 0.717) is 6.07 Å². The molecular formula is C21H16F4N2O4. The van der Waals surface area contributed by atoms with E-state index in [1.165, 1.54) is 29.0 Å². The zero-order valence-electron chi connectivity index (χ0n) is 15.8. The Hall–Kier alpha value is -3.66. The van der Waals surface area contributed by atoms with Gasteiger partial charge in [-0.25, -0.2) is 4.39 Å². The summed E-state index contributed by atoms with van der Waals surface area (Å²) in [5.74, 6) is -1.55. The number of ether oxygens (including phenoxy) is 1. The largest absolute Gasteiger partial charge is 0.457 e. The molecule has 31 heavy (non-hydrogen) atoms. The molecule has 1 heterocycles. The van der Waals surface area contributed by atoms with Crippen LogP contribution in [0.1, 0.15) is 15.9 Å². The van der Waals surface area contributed by atoms with Crippen LogP contribution in [-0.4, -0.2) is 22.2 Å². The first-order chi connectivity index (χ1) is 14.7. The fourth-order valence-electron chi connectivity index (χ4n) is 2.68. The normalized spacial score (nSPS) is 11.3. The number of aliphatic hydroxyl groups is 1. The number of amides is 1. The third kappa shape index (κ3) is 5.48. The molecule has 2 N–H and O–H groups in total. The van der Waals surface area contributed by atoms with Gasteiger partial charge < -0.3 is 19.7 Å². The first-order valence-electron chi connectivity index (χ1n) is 8.95. The fourth-order valence-corrected chi connectivity index (χ4v) is 2.68. The predicted molar refractivity (Wildman–Crippen MR) is 104 cm³/mol. The number of alkyl halides is 3. The van der Waals surface area contributed by atoms with Gasteiger partial charge in [0.1, 0.15) is 17.3 Å². The number of nitrogens with one attached hydrogen (secondary N) is 1. The minimum atomic E-state index is -4.70. The van der Waals surface area contributed by atoms with Crippen LogP contribution in [0.2, 0.25) is 0 Å². The monoisotopic (exact) mass is 436 g/mol. The Morgan fingerprint density at radius 2 is 1.77 bits per heavy atom. The van der Waals surface area contributed by atoms with Crippen molar-refractivity contribution in [2.75, 3.05) is 11.9 Å². The average Bonchev–Trinajstić information content (AvgIpc) is 2.71. The SMILES string of the molecule is O=C(Nc1ccn(CCO)c(=O)c1)c1cc(C(F)(F)F)ccc1Oc1ccc(F)cc1. The first kappa shape index (κ1) is 22.0. The predicted octanol–water partition coefficient (Wildman–Crippen LogP) is 4.04. The molecule has 6 nitrogen and oxygen atoms in total. The second-order valence-corrected chi connectivity index (χ2v) is 6.39. The maximum atomic E-state index is 13.2. The molecule has 10 heteroatoms. The van der Waals surface area contributed by atoms with Gasteiger partial charge in [0.2, 0.25) is 0 Å². The van der Waals surface area contributed by atoms with Crippen LogP contribution in [-0.2, 0) is 12.7 Å². The van der Waals surface area contributed by atoms with Crippen molar-refractivity contribution in [1.82, 2.24) is 4.57 Å². The Morgan fingerprint density at radius 3 is 2.39 bits per heavy atom. The van der Waals surface area contributed by atoms with Crippen molar-refractivity contribution in [2.45, 2.75) is 12.7 Å². The van der Waals surface area contributed by atoms with Gasteiger partial charge in [-0.1, -0.05) is 0 Å². The number of aliphatic hydroxyl groups excluding tert-OH is 1. The molecule has 0 aliphatic heterocycles. The molecule has 0 unspecified atom stereocenters. The van der Waals surface area contributed by atoms with Crippen LogP contribution in [0.25, 0.3) is 0 Å². The van der Waals surface area contributed by atoms with Gasteiger partial charge in [-0.15, -0.1) is 0 Å². The molecule has 0 atom stereocenters. The molecule has 3 rings (SSSR count). The standard InChI is InChI=1S/C21H16F4N2O4/c22-14-2-4-16(5-3-14)31-18-6-1-13(21(23,24)25)11-17(18)20(30)26-15-7-8-27(9-10-28)19(29)12-15/h1-8,11-12,28H,9-10H2,(H,26,30). The van der Waals surface area contributed by atoms with Crippen molar-refractivity contribution < 1.29 is 32.2 Å². The summed E-state index contributed by atoms with van der Waals surface area (Å²) in [6.45, 7) is -0.212. The van der Waals surface area contributed by atoms with Gasteiger partial charge in [0, 0.05) is 24.5 Å². The van der Waals surface area contributed by atoms with Crippen molar-refractivity contribution in [1.29, 1.82) is 0 Å². The summed E-state index contributed by atoms with van der Waals surface area (Å²) in [5.41, 5.74) is -1.96. The van der Waals surface area contributed by atoms with Gasteiger partial charge in [-0.2, -0.15) is 13.2 Å². The highest BCUT2D eigenvalue weighted by Gasteiger charge is 2.32. The van der Waals surface area contributed by atoms with Crippen LogP contribution in [0.5, 0.6) is 11.5 Å². The highest BCUT2D eigenvalue weighted by atomic mass is 19.4.